The summed E-state index contributed by atoms with van der Waals surface area (Å²) >= 11 is 0. The Morgan fingerprint density at radius 2 is 1.80 bits per heavy atom. The molecule has 0 aliphatic carbocycles. The van der Waals surface area contributed by atoms with Crippen molar-refractivity contribution in [3.8, 4) is 0 Å². The molecule has 0 amide bonds. The number of ether oxygens (including phenoxy) is 1. The summed E-state index contributed by atoms with van der Waals surface area (Å²) in [7, 11) is 0. The van der Waals surface area contributed by atoms with Crippen LogP contribution < -0.4 is 0 Å². The maximum Gasteiger partial charge on any atom is 0.336 e. The van der Waals surface area contributed by atoms with E-state index in [-0.39, 0.29) is 18.1 Å². The first-order valence-electron chi connectivity index (χ1n) is 7.90. The quantitative estimate of drug-likeness (QED) is 0.718. The van der Waals surface area contributed by atoms with Gasteiger partial charge in [-0.3, -0.25) is 9.78 Å². The van der Waals surface area contributed by atoms with Crippen molar-refractivity contribution < 1.29 is 19.4 Å². The van der Waals surface area contributed by atoms with Crippen molar-refractivity contribution in [3.63, 3.8) is 0 Å². The molecule has 25 heavy (non-hydrogen) atoms. The summed E-state index contributed by atoms with van der Waals surface area (Å²) < 4.78 is 5.35. The van der Waals surface area contributed by atoms with E-state index in [2.05, 4.69) is 4.98 Å². The van der Waals surface area contributed by atoms with Gasteiger partial charge in [0.2, 0.25) is 0 Å². The highest BCUT2D eigenvalue weighted by Gasteiger charge is 2.19. The standard InChI is InChI=1S/C20H17NO4/c1-13(20(24)25-12-14-6-3-2-4-7-14)17-11-10-15-16(19(22)23)8-5-9-18(15)21-17/h2-11,13H,12H2,1H3,(H,22,23). The lowest BCUT2D eigenvalue weighted by Gasteiger charge is -2.12. The smallest absolute Gasteiger partial charge is 0.336 e. The van der Waals surface area contributed by atoms with Gasteiger partial charge in [-0.15, -0.1) is 0 Å². The minimum Gasteiger partial charge on any atom is -0.478 e. The Balaban J connectivity index is 1.78. The number of hydrogen-bond acceptors (Lipinski definition) is 4. The number of carboxylic acids is 1. The minimum atomic E-state index is -1.00. The number of benzene rings is 2. The average molecular weight is 335 g/mol. The number of carboxylic acid groups (broad SMARTS) is 1. The second-order valence-electron chi connectivity index (χ2n) is 5.73. The second kappa shape index (κ2) is 7.13. The lowest BCUT2D eigenvalue weighted by Crippen LogP contribution is -2.14. The number of hydrogen-bond donors (Lipinski definition) is 1. The Morgan fingerprint density at radius 3 is 2.52 bits per heavy atom. The van der Waals surface area contributed by atoms with Crippen molar-refractivity contribution >= 4 is 22.8 Å². The molecular formula is C20H17NO4. The fourth-order valence-corrected chi connectivity index (χ4v) is 2.57. The molecule has 126 valence electrons. The Hall–Kier alpha value is -3.21. The number of aromatic nitrogens is 1. The van der Waals surface area contributed by atoms with Gasteiger partial charge in [0.1, 0.15) is 6.61 Å². The van der Waals surface area contributed by atoms with Gasteiger partial charge >= 0.3 is 11.9 Å². The molecule has 0 aliphatic rings. The van der Waals surface area contributed by atoms with Crippen LogP contribution in [0.2, 0.25) is 0 Å². The van der Waals surface area contributed by atoms with Crippen LogP contribution in [0.25, 0.3) is 10.9 Å². The summed E-state index contributed by atoms with van der Waals surface area (Å²) in [5, 5.41) is 9.77. The Labute approximate surface area is 144 Å². The summed E-state index contributed by atoms with van der Waals surface area (Å²) in [5.74, 6) is -1.91. The third kappa shape index (κ3) is 3.66. The van der Waals surface area contributed by atoms with Gasteiger partial charge in [0.15, 0.2) is 0 Å². The predicted molar refractivity (Wildman–Crippen MR) is 93.4 cm³/mol. The van der Waals surface area contributed by atoms with Gasteiger partial charge in [0, 0.05) is 5.39 Å². The zero-order valence-corrected chi connectivity index (χ0v) is 13.7. The van der Waals surface area contributed by atoms with E-state index in [1.807, 2.05) is 30.3 Å². The second-order valence-corrected chi connectivity index (χ2v) is 5.73. The number of fused-ring (bicyclic) bond motifs is 1. The number of pyridine rings is 1. The lowest BCUT2D eigenvalue weighted by molar-refractivity contribution is -0.146. The summed E-state index contributed by atoms with van der Waals surface area (Å²) in [5.41, 5.74) is 2.20. The van der Waals surface area contributed by atoms with Crippen molar-refractivity contribution in [2.75, 3.05) is 0 Å². The van der Waals surface area contributed by atoms with Crippen molar-refractivity contribution in [1.29, 1.82) is 0 Å². The number of carbonyl (C=O) groups excluding carboxylic acids is 1. The van der Waals surface area contributed by atoms with E-state index >= 15 is 0 Å². The number of rotatable bonds is 5. The van der Waals surface area contributed by atoms with E-state index in [0.29, 0.717) is 16.6 Å². The van der Waals surface area contributed by atoms with Crippen LogP contribution in [0.3, 0.4) is 0 Å². The molecule has 1 aromatic heterocycles. The van der Waals surface area contributed by atoms with Crippen molar-refractivity contribution in [2.45, 2.75) is 19.4 Å². The molecule has 0 saturated carbocycles. The van der Waals surface area contributed by atoms with Gasteiger partial charge < -0.3 is 9.84 Å². The molecule has 1 N–H and O–H groups in total. The zero-order chi connectivity index (χ0) is 17.8. The molecule has 1 unspecified atom stereocenters. The van der Waals surface area contributed by atoms with E-state index in [1.165, 1.54) is 6.07 Å². The minimum absolute atomic E-state index is 0.191. The Kier molecular flexibility index (Phi) is 4.75. The largest absolute Gasteiger partial charge is 0.478 e. The third-order valence-corrected chi connectivity index (χ3v) is 4.00. The molecular weight excluding hydrogens is 318 g/mol. The van der Waals surface area contributed by atoms with E-state index in [1.54, 1.807) is 31.2 Å². The fraction of sp³-hybridized carbons (Fsp3) is 0.150. The van der Waals surface area contributed by atoms with Crippen LogP contribution in [0.1, 0.15) is 34.5 Å². The molecule has 1 atom stereocenters. The van der Waals surface area contributed by atoms with Crippen LogP contribution in [0.4, 0.5) is 0 Å². The molecule has 0 radical (unpaired) electrons. The average Bonchev–Trinajstić information content (AvgIpc) is 2.65. The van der Waals surface area contributed by atoms with Crippen LogP contribution in [0.5, 0.6) is 0 Å². The van der Waals surface area contributed by atoms with Gasteiger partial charge in [-0.1, -0.05) is 42.5 Å². The number of carbonyl (C=O) groups is 2. The van der Waals surface area contributed by atoms with Gasteiger partial charge in [0.25, 0.3) is 0 Å². The van der Waals surface area contributed by atoms with E-state index in [4.69, 9.17) is 4.74 Å². The van der Waals surface area contributed by atoms with E-state index in [0.717, 1.165) is 5.56 Å². The molecule has 0 fully saturated rings. The number of nitrogens with zero attached hydrogens (tertiary/aromatic N) is 1. The summed E-state index contributed by atoms with van der Waals surface area (Å²) in [6.07, 6.45) is 0. The molecule has 3 rings (SSSR count). The molecule has 2 aromatic carbocycles. The predicted octanol–water partition coefficient (Wildman–Crippen LogP) is 3.78. The highest BCUT2D eigenvalue weighted by Crippen LogP contribution is 2.22. The summed E-state index contributed by atoms with van der Waals surface area (Å²) in [6, 6.07) is 17.7. The number of esters is 1. The first-order valence-corrected chi connectivity index (χ1v) is 7.90. The van der Waals surface area contributed by atoms with Gasteiger partial charge in [0.05, 0.1) is 22.7 Å². The van der Waals surface area contributed by atoms with Crippen LogP contribution in [0, 0.1) is 0 Å². The topological polar surface area (TPSA) is 76.5 Å². The van der Waals surface area contributed by atoms with Gasteiger partial charge in [-0.2, -0.15) is 0 Å². The highest BCUT2D eigenvalue weighted by molar-refractivity contribution is 6.02. The number of aromatic carboxylic acids is 1. The van der Waals surface area contributed by atoms with E-state index < -0.39 is 11.9 Å². The molecule has 0 spiro atoms. The SMILES string of the molecule is CC(C(=O)OCc1ccccc1)c1ccc2c(C(=O)O)cccc2n1. The van der Waals surface area contributed by atoms with Crippen molar-refractivity contribution in [1.82, 2.24) is 4.98 Å². The molecule has 5 nitrogen and oxygen atoms in total. The maximum absolute atomic E-state index is 12.3. The van der Waals surface area contributed by atoms with Crippen LogP contribution >= 0.6 is 0 Å². The van der Waals surface area contributed by atoms with Crippen molar-refractivity contribution in [2.24, 2.45) is 0 Å². The lowest BCUT2D eigenvalue weighted by atomic mass is 10.0. The third-order valence-electron chi connectivity index (χ3n) is 4.00. The summed E-state index contributed by atoms with van der Waals surface area (Å²) in [4.78, 5) is 28.0. The van der Waals surface area contributed by atoms with Crippen LogP contribution in [-0.2, 0) is 16.1 Å². The molecule has 0 saturated heterocycles. The zero-order valence-electron chi connectivity index (χ0n) is 13.7. The van der Waals surface area contributed by atoms with Gasteiger partial charge in [-0.25, -0.2) is 4.79 Å². The van der Waals surface area contributed by atoms with Gasteiger partial charge in [-0.05, 0) is 30.7 Å². The van der Waals surface area contributed by atoms with Crippen LogP contribution in [0.15, 0.2) is 60.7 Å². The monoisotopic (exact) mass is 335 g/mol. The highest BCUT2D eigenvalue weighted by atomic mass is 16.5. The molecule has 1 heterocycles. The fourth-order valence-electron chi connectivity index (χ4n) is 2.57. The normalized spacial score (nSPS) is 11.9. The molecule has 5 heteroatoms. The first kappa shape index (κ1) is 16.6. The van der Waals surface area contributed by atoms with Crippen LogP contribution in [-0.4, -0.2) is 22.0 Å². The Morgan fingerprint density at radius 1 is 1.04 bits per heavy atom. The maximum atomic E-state index is 12.3. The molecule has 0 bridgehead atoms. The molecule has 3 aromatic rings. The Bertz CT molecular complexity index is 921. The molecule has 0 aliphatic heterocycles. The van der Waals surface area contributed by atoms with Crippen molar-refractivity contribution in [3.05, 3.63) is 77.5 Å². The first-order chi connectivity index (χ1) is 12.1. The summed E-state index contributed by atoms with van der Waals surface area (Å²) in [6.45, 7) is 1.93. The van der Waals surface area contributed by atoms with E-state index in [9.17, 15) is 14.7 Å².